The van der Waals surface area contributed by atoms with Crippen molar-refractivity contribution in [2.45, 2.75) is 38.3 Å². The summed E-state index contributed by atoms with van der Waals surface area (Å²) < 4.78 is 0. The number of H-pyrrole nitrogens is 1. The molecule has 1 aliphatic carbocycles. The molecule has 2 N–H and O–H groups in total. The van der Waals surface area contributed by atoms with Gasteiger partial charge in [-0.25, -0.2) is 0 Å². The van der Waals surface area contributed by atoms with Crippen LogP contribution < -0.4 is 5.32 Å². The summed E-state index contributed by atoms with van der Waals surface area (Å²) >= 11 is 0. The van der Waals surface area contributed by atoms with E-state index >= 15 is 0 Å². The zero-order valence-corrected chi connectivity index (χ0v) is 10.9. The molecule has 102 valence electrons. The minimum Gasteiger partial charge on any atom is -0.367 e. The van der Waals surface area contributed by atoms with E-state index in [1.165, 1.54) is 0 Å². The van der Waals surface area contributed by atoms with Crippen LogP contribution in [0.4, 0.5) is 0 Å². The Bertz CT molecular complexity index is 465. The van der Waals surface area contributed by atoms with Gasteiger partial charge in [-0.3, -0.25) is 9.59 Å². The highest BCUT2D eigenvalue weighted by molar-refractivity contribution is 5.89. The summed E-state index contributed by atoms with van der Waals surface area (Å²) in [6, 6.07) is 1.68. The molecule has 2 fully saturated rings. The predicted molar refractivity (Wildman–Crippen MR) is 70.1 cm³/mol. The maximum atomic E-state index is 12.2. The normalized spacial score (nSPS) is 22.5. The van der Waals surface area contributed by atoms with Gasteiger partial charge in [-0.2, -0.15) is 0 Å². The Hall–Kier alpha value is -1.78. The van der Waals surface area contributed by atoms with Gasteiger partial charge in [0.25, 0.3) is 0 Å². The van der Waals surface area contributed by atoms with Gasteiger partial charge in [0.2, 0.25) is 11.8 Å². The maximum absolute atomic E-state index is 12.2. The number of hydrogen-bond acceptors (Lipinski definition) is 2. The summed E-state index contributed by atoms with van der Waals surface area (Å²) in [6.07, 6.45) is 7.40. The predicted octanol–water partition coefficient (Wildman–Crippen LogP) is 1.03. The third-order valence-electron chi connectivity index (χ3n) is 3.89. The van der Waals surface area contributed by atoms with Gasteiger partial charge in [-0.15, -0.1) is 0 Å². The van der Waals surface area contributed by atoms with Crippen LogP contribution in [0.5, 0.6) is 0 Å². The van der Waals surface area contributed by atoms with Gasteiger partial charge in [0.05, 0.1) is 0 Å². The molecule has 1 saturated carbocycles. The number of carbonyl (C=O) groups is 2. The Morgan fingerprint density at radius 1 is 1.37 bits per heavy atom. The van der Waals surface area contributed by atoms with E-state index in [0.717, 1.165) is 37.8 Å². The lowest BCUT2D eigenvalue weighted by Gasteiger charge is -2.23. The molecule has 5 heteroatoms. The zero-order chi connectivity index (χ0) is 13.2. The first-order valence-electron chi connectivity index (χ1n) is 6.95. The minimum atomic E-state index is -0.257. The molecule has 1 saturated heterocycles. The number of likely N-dealkylation sites (tertiary alicyclic amines) is 1. The zero-order valence-electron chi connectivity index (χ0n) is 10.9. The van der Waals surface area contributed by atoms with Crippen LogP contribution >= 0.6 is 0 Å². The summed E-state index contributed by atoms with van der Waals surface area (Å²) in [5.41, 5.74) is 1.05. The van der Waals surface area contributed by atoms with Crippen molar-refractivity contribution < 1.29 is 9.59 Å². The lowest BCUT2D eigenvalue weighted by atomic mass is 10.2. The van der Waals surface area contributed by atoms with Crippen molar-refractivity contribution in [3.05, 3.63) is 24.0 Å². The number of hydrogen-bond donors (Lipinski definition) is 2. The number of rotatable bonds is 4. The fourth-order valence-electron chi connectivity index (χ4n) is 2.64. The Balaban J connectivity index is 1.57. The van der Waals surface area contributed by atoms with E-state index in [9.17, 15) is 9.59 Å². The number of nitrogens with zero attached hydrogens (tertiary/aromatic N) is 1. The summed E-state index contributed by atoms with van der Waals surface area (Å²) in [6.45, 7) is 1.25. The molecule has 0 spiro atoms. The molecular weight excluding hydrogens is 242 g/mol. The number of carbonyl (C=O) groups excluding carboxylic acids is 2. The quantitative estimate of drug-likeness (QED) is 0.850. The van der Waals surface area contributed by atoms with Crippen LogP contribution in [0.2, 0.25) is 0 Å². The van der Waals surface area contributed by atoms with Gasteiger partial charge in [0.1, 0.15) is 6.04 Å². The minimum absolute atomic E-state index is 0.0206. The first-order valence-corrected chi connectivity index (χ1v) is 6.95. The second-order valence-corrected chi connectivity index (χ2v) is 5.40. The molecule has 5 nitrogen and oxygen atoms in total. The summed E-state index contributed by atoms with van der Waals surface area (Å²) in [5, 5.41) is 2.92. The van der Waals surface area contributed by atoms with E-state index in [1.54, 1.807) is 4.90 Å². The molecular formula is C14H19N3O2. The molecule has 1 aliphatic heterocycles. The van der Waals surface area contributed by atoms with Gasteiger partial charge >= 0.3 is 0 Å². The van der Waals surface area contributed by atoms with Crippen LogP contribution in [-0.4, -0.2) is 34.3 Å². The average molecular weight is 261 g/mol. The van der Waals surface area contributed by atoms with Crippen molar-refractivity contribution in [3.63, 3.8) is 0 Å². The first-order chi connectivity index (χ1) is 9.25. The van der Waals surface area contributed by atoms with Crippen molar-refractivity contribution in [3.8, 4) is 0 Å². The monoisotopic (exact) mass is 261 g/mol. The number of aromatic nitrogens is 1. The Morgan fingerprint density at radius 2 is 2.21 bits per heavy atom. The largest absolute Gasteiger partial charge is 0.367 e. The molecule has 1 unspecified atom stereocenters. The molecule has 19 heavy (non-hydrogen) atoms. The molecule has 0 bridgehead atoms. The van der Waals surface area contributed by atoms with Gasteiger partial charge in [0.15, 0.2) is 0 Å². The third kappa shape index (κ3) is 2.64. The van der Waals surface area contributed by atoms with E-state index < -0.39 is 0 Å². The van der Waals surface area contributed by atoms with Crippen LogP contribution in [0.1, 0.15) is 31.2 Å². The average Bonchev–Trinajstić information content (AvgIpc) is 2.94. The SMILES string of the molecule is O=C(NCc1cc[nH]c1)C1CCCN1C(=O)C1CC1. The van der Waals surface area contributed by atoms with Crippen LogP contribution in [0.25, 0.3) is 0 Å². The van der Waals surface area contributed by atoms with E-state index in [-0.39, 0.29) is 23.8 Å². The molecule has 2 aliphatic rings. The van der Waals surface area contributed by atoms with Crippen molar-refractivity contribution in [1.82, 2.24) is 15.2 Å². The van der Waals surface area contributed by atoms with Gasteiger partial charge in [0, 0.05) is 31.4 Å². The molecule has 1 aromatic heterocycles. The number of amides is 2. The topological polar surface area (TPSA) is 65.2 Å². The van der Waals surface area contributed by atoms with E-state index in [4.69, 9.17) is 0 Å². The highest BCUT2D eigenvalue weighted by Gasteiger charge is 2.40. The Labute approximate surface area is 112 Å². The maximum Gasteiger partial charge on any atom is 0.243 e. The molecule has 0 radical (unpaired) electrons. The molecule has 1 aromatic rings. The van der Waals surface area contributed by atoms with Gasteiger partial charge < -0.3 is 15.2 Å². The van der Waals surface area contributed by atoms with Crippen molar-refractivity contribution in [2.24, 2.45) is 5.92 Å². The molecule has 2 heterocycles. The standard InChI is InChI=1S/C14H19N3O2/c18-13(16-9-10-5-6-15-8-10)12-2-1-7-17(12)14(19)11-3-4-11/h5-6,8,11-12,15H,1-4,7,9H2,(H,16,18). The smallest absolute Gasteiger partial charge is 0.243 e. The highest BCUT2D eigenvalue weighted by Crippen LogP contribution is 2.33. The Morgan fingerprint density at radius 3 is 2.89 bits per heavy atom. The van der Waals surface area contributed by atoms with Gasteiger partial charge in [-0.05, 0) is 37.3 Å². The van der Waals surface area contributed by atoms with Gasteiger partial charge in [-0.1, -0.05) is 0 Å². The van der Waals surface area contributed by atoms with E-state index in [1.807, 2.05) is 18.5 Å². The van der Waals surface area contributed by atoms with Crippen molar-refractivity contribution >= 4 is 11.8 Å². The summed E-state index contributed by atoms with van der Waals surface area (Å²) in [4.78, 5) is 29.0. The molecule has 1 atom stereocenters. The van der Waals surface area contributed by atoms with Crippen LogP contribution in [0, 0.1) is 5.92 Å². The molecule has 0 aromatic carbocycles. The van der Waals surface area contributed by atoms with E-state index in [0.29, 0.717) is 6.54 Å². The lowest BCUT2D eigenvalue weighted by Crippen LogP contribution is -2.46. The number of nitrogens with one attached hydrogen (secondary N) is 2. The second-order valence-electron chi connectivity index (χ2n) is 5.40. The fourth-order valence-corrected chi connectivity index (χ4v) is 2.64. The van der Waals surface area contributed by atoms with Crippen molar-refractivity contribution in [2.75, 3.05) is 6.54 Å². The van der Waals surface area contributed by atoms with E-state index in [2.05, 4.69) is 10.3 Å². The van der Waals surface area contributed by atoms with Crippen molar-refractivity contribution in [1.29, 1.82) is 0 Å². The second kappa shape index (κ2) is 5.07. The summed E-state index contributed by atoms with van der Waals surface area (Å²) in [5.74, 6) is 0.352. The van der Waals surface area contributed by atoms with Crippen LogP contribution in [0.15, 0.2) is 18.5 Å². The first kappa shape index (κ1) is 12.3. The molecule has 2 amide bonds. The molecule has 3 rings (SSSR count). The number of aromatic amines is 1. The third-order valence-corrected chi connectivity index (χ3v) is 3.89. The highest BCUT2D eigenvalue weighted by atomic mass is 16.2. The lowest BCUT2D eigenvalue weighted by molar-refractivity contribution is -0.139. The van der Waals surface area contributed by atoms with Crippen LogP contribution in [-0.2, 0) is 16.1 Å². The fraction of sp³-hybridized carbons (Fsp3) is 0.571. The van der Waals surface area contributed by atoms with Crippen LogP contribution in [0.3, 0.4) is 0 Å². The Kier molecular flexibility index (Phi) is 3.27. The summed E-state index contributed by atoms with van der Waals surface area (Å²) in [7, 11) is 0.